The summed E-state index contributed by atoms with van der Waals surface area (Å²) in [6, 6.07) is 7.31. The first kappa shape index (κ1) is 16.9. The Morgan fingerprint density at radius 2 is 1.92 bits per heavy atom. The molecule has 0 saturated carbocycles. The fourth-order valence-electron chi connectivity index (χ4n) is 2.43. The highest BCUT2D eigenvalue weighted by atomic mass is 19.3. The minimum absolute atomic E-state index is 0.00394. The van der Waals surface area contributed by atoms with Crippen molar-refractivity contribution in [3.05, 3.63) is 53.1 Å². The first-order chi connectivity index (χ1) is 12.0. The highest BCUT2D eigenvalue weighted by Gasteiger charge is 2.16. The van der Waals surface area contributed by atoms with Gasteiger partial charge in [-0.05, 0) is 13.0 Å². The van der Waals surface area contributed by atoms with Crippen molar-refractivity contribution in [2.75, 3.05) is 12.4 Å². The molecule has 0 saturated heterocycles. The highest BCUT2D eigenvalue weighted by Crippen LogP contribution is 2.26. The van der Waals surface area contributed by atoms with Crippen LogP contribution in [0.3, 0.4) is 0 Å². The van der Waals surface area contributed by atoms with Crippen molar-refractivity contribution in [2.45, 2.75) is 19.9 Å². The van der Waals surface area contributed by atoms with Gasteiger partial charge in [0.1, 0.15) is 17.5 Å². The summed E-state index contributed by atoms with van der Waals surface area (Å²) in [5, 5.41) is 3.59. The molecule has 0 unspecified atom stereocenters. The van der Waals surface area contributed by atoms with E-state index in [0.29, 0.717) is 28.6 Å². The van der Waals surface area contributed by atoms with Crippen LogP contribution in [0.15, 0.2) is 30.3 Å². The lowest BCUT2D eigenvalue weighted by Crippen LogP contribution is -2.07. The lowest BCUT2D eigenvalue weighted by atomic mass is 10.1. The van der Waals surface area contributed by atoms with Gasteiger partial charge < -0.3 is 10.1 Å². The van der Waals surface area contributed by atoms with Crippen molar-refractivity contribution in [3.8, 4) is 5.88 Å². The average Bonchev–Trinajstić information content (AvgIpc) is 2.59. The number of rotatable bonds is 5. The molecule has 1 aromatic carbocycles. The number of methoxy groups -OCH3 is 1. The number of nitrogens with zero attached hydrogens (tertiary/aromatic N) is 3. The van der Waals surface area contributed by atoms with E-state index < -0.39 is 17.8 Å². The summed E-state index contributed by atoms with van der Waals surface area (Å²) in [5.74, 6) is 0.407. The average molecular weight is 348 g/mol. The fraction of sp³-hybridized carbons (Fsp3) is 0.235. The number of hydrogen-bond acceptors (Lipinski definition) is 5. The van der Waals surface area contributed by atoms with Gasteiger partial charge in [-0.25, -0.2) is 23.1 Å². The second-order valence-corrected chi connectivity index (χ2v) is 5.32. The van der Waals surface area contributed by atoms with Gasteiger partial charge >= 0.3 is 0 Å². The Morgan fingerprint density at radius 3 is 2.64 bits per heavy atom. The van der Waals surface area contributed by atoms with Gasteiger partial charge in [0.05, 0.1) is 18.1 Å². The van der Waals surface area contributed by atoms with E-state index in [0.717, 1.165) is 6.07 Å². The van der Waals surface area contributed by atoms with Crippen LogP contribution in [0.1, 0.15) is 23.4 Å². The lowest BCUT2D eigenvalue weighted by molar-refractivity contribution is 0.146. The Kier molecular flexibility index (Phi) is 4.69. The van der Waals surface area contributed by atoms with Crippen LogP contribution in [-0.2, 0) is 6.54 Å². The van der Waals surface area contributed by atoms with Gasteiger partial charge in [-0.3, -0.25) is 0 Å². The molecular formula is C17H15F3N4O. The number of alkyl halides is 2. The second-order valence-electron chi connectivity index (χ2n) is 5.32. The molecule has 2 heterocycles. The molecule has 0 bridgehead atoms. The van der Waals surface area contributed by atoms with E-state index >= 15 is 0 Å². The zero-order valence-electron chi connectivity index (χ0n) is 13.6. The van der Waals surface area contributed by atoms with Gasteiger partial charge in [-0.15, -0.1) is 0 Å². The summed E-state index contributed by atoms with van der Waals surface area (Å²) >= 11 is 0. The van der Waals surface area contributed by atoms with Crippen LogP contribution < -0.4 is 10.1 Å². The Morgan fingerprint density at radius 1 is 1.12 bits per heavy atom. The van der Waals surface area contributed by atoms with Crippen LogP contribution in [0.25, 0.3) is 11.0 Å². The van der Waals surface area contributed by atoms with Crippen molar-refractivity contribution >= 4 is 16.9 Å². The van der Waals surface area contributed by atoms with Crippen molar-refractivity contribution in [1.29, 1.82) is 0 Å². The van der Waals surface area contributed by atoms with Crippen molar-refractivity contribution in [1.82, 2.24) is 15.0 Å². The molecule has 130 valence electrons. The standard InChI is InChI=1S/C17H15F3N4O/c1-9-22-16(12-6-7-13(25-2)24-17(12)23-9)21-8-10-4-3-5-11(14(10)18)15(19)20/h3-7,15H,8H2,1-2H3,(H,21,22,23,24). The summed E-state index contributed by atoms with van der Waals surface area (Å²) in [6.45, 7) is 1.70. The topological polar surface area (TPSA) is 59.9 Å². The van der Waals surface area contributed by atoms with Gasteiger partial charge in [0.15, 0.2) is 5.65 Å². The van der Waals surface area contributed by atoms with Crippen LogP contribution in [0.2, 0.25) is 0 Å². The first-order valence-electron chi connectivity index (χ1n) is 7.48. The molecule has 5 nitrogen and oxygen atoms in total. The van der Waals surface area contributed by atoms with E-state index in [-0.39, 0.29) is 12.1 Å². The lowest BCUT2D eigenvalue weighted by Gasteiger charge is -2.12. The van der Waals surface area contributed by atoms with E-state index in [1.54, 1.807) is 19.1 Å². The molecule has 8 heteroatoms. The number of aryl methyl sites for hydroxylation is 1. The summed E-state index contributed by atoms with van der Waals surface area (Å²) in [5.41, 5.74) is -0.0609. The maximum atomic E-state index is 14.1. The maximum Gasteiger partial charge on any atom is 0.266 e. The molecule has 0 aliphatic carbocycles. The predicted molar refractivity (Wildman–Crippen MR) is 87.3 cm³/mol. The van der Waals surface area contributed by atoms with Gasteiger partial charge in [0.25, 0.3) is 6.43 Å². The van der Waals surface area contributed by atoms with Crippen LogP contribution in [0, 0.1) is 12.7 Å². The van der Waals surface area contributed by atoms with Crippen molar-refractivity contribution in [2.24, 2.45) is 0 Å². The van der Waals surface area contributed by atoms with Crippen LogP contribution in [-0.4, -0.2) is 22.1 Å². The minimum atomic E-state index is -2.86. The third kappa shape index (κ3) is 3.47. The molecule has 0 amide bonds. The Balaban J connectivity index is 1.93. The molecule has 0 radical (unpaired) electrons. The van der Waals surface area contributed by atoms with Crippen molar-refractivity contribution in [3.63, 3.8) is 0 Å². The number of benzene rings is 1. The number of halogens is 3. The normalized spacial score (nSPS) is 11.1. The molecule has 3 aromatic rings. The third-order valence-electron chi connectivity index (χ3n) is 3.65. The van der Waals surface area contributed by atoms with Gasteiger partial charge in [0.2, 0.25) is 5.88 Å². The number of anilines is 1. The summed E-state index contributed by atoms with van der Waals surface area (Å²) in [4.78, 5) is 12.8. The number of fused-ring (bicyclic) bond motifs is 1. The largest absolute Gasteiger partial charge is 0.481 e. The molecular weight excluding hydrogens is 333 g/mol. The summed E-state index contributed by atoms with van der Waals surface area (Å²) in [7, 11) is 1.50. The molecule has 2 aromatic heterocycles. The second kappa shape index (κ2) is 6.92. The minimum Gasteiger partial charge on any atom is -0.481 e. The highest BCUT2D eigenvalue weighted by molar-refractivity contribution is 5.86. The number of ether oxygens (including phenoxy) is 1. The van der Waals surface area contributed by atoms with Gasteiger partial charge in [0, 0.05) is 18.2 Å². The summed E-state index contributed by atoms with van der Waals surface area (Å²) < 4.78 is 44.8. The van der Waals surface area contributed by atoms with E-state index in [1.165, 1.54) is 19.2 Å². The van der Waals surface area contributed by atoms with Crippen LogP contribution >= 0.6 is 0 Å². The molecule has 0 aliphatic rings. The maximum absolute atomic E-state index is 14.1. The number of pyridine rings is 1. The number of nitrogens with one attached hydrogen (secondary N) is 1. The Labute approximate surface area is 141 Å². The zero-order valence-corrected chi connectivity index (χ0v) is 13.6. The van der Waals surface area contributed by atoms with E-state index in [2.05, 4.69) is 20.3 Å². The molecule has 0 fully saturated rings. The number of hydrogen-bond donors (Lipinski definition) is 1. The molecule has 0 spiro atoms. The van der Waals surface area contributed by atoms with Gasteiger partial charge in [-0.1, -0.05) is 18.2 Å². The van der Waals surface area contributed by atoms with Crippen LogP contribution in [0.4, 0.5) is 19.0 Å². The van der Waals surface area contributed by atoms with E-state index in [1.807, 2.05) is 0 Å². The fourth-order valence-corrected chi connectivity index (χ4v) is 2.43. The smallest absolute Gasteiger partial charge is 0.266 e. The number of aromatic nitrogens is 3. The SMILES string of the molecule is COc1ccc2c(NCc3cccc(C(F)F)c3F)nc(C)nc2n1. The first-order valence-corrected chi connectivity index (χ1v) is 7.48. The van der Waals surface area contributed by atoms with Crippen LogP contribution in [0.5, 0.6) is 5.88 Å². The molecule has 25 heavy (non-hydrogen) atoms. The molecule has 0 atom stereocenters. The summed E-state index contributed by atoms with van der Waals surface area (Å²) in [6.07, 6.45) is -2.86. The molecule has 1 N–H and O–H groups in total. The monoisotopic (exact) mass is 348 g/mol. The Hall–Kier alpha value is -2.90. The van der Waals surface area contributed by atoms with Gasteiger partial charge in [-0.2, -0.15) is 4.98 Å². The van der Waals surface area contributed by atoms with Crippen molar-refractivity contribution < 1.29 is 17.9 Å². The molecule has 3 rings (SSSR count). The predicted octanol–water partition coefficient (Wildman–Crippen LogP) is 4.03. The quantitative estimate of drug-likeness (QED) is 0.754. The van der Waals surface area contributed by atoms with E-state index in [4.69, 9.17) is 4.74 Å². The Bertz CT molecular complexity index is 918. The molecule has 0 aliphatic heterocycles. The zero-order chi connectivity index (χ0) is 18.0. The van der Waals surface area contributed by atoms with E-state index in [9.17, 15) is 13.2 Å². The third-order valence-corrected chi connectivity index (χ3v) is 3.65.